The lowest BCUT2D eigenvalue weighted by molar-refractivity contribution is 0.623. The van der Waals surface area contributed by atoms with E-state index in [0.29, 0.717) is 5.89 Å². The summed E-state index contributed by atoms with van der Waals surface area (Å²) in [5, 5.41) is 6.74. The van der Waals surface area contributed by atoms with Gasteiger partial charge in [-0.15, -0.1) is 0 Å². The predicted octanol–water partition coefficient (Wildman–Crippen LogP) is 12.8. The average Bonchev–Trinajstić information content (AvgIpc) is 3.78. The number of hydrogen-bond acceptors (Lipinski definition) is 4. The zero-order valence-electron chi connectivity index (χ0n) is 26.4. The highest BCUT2D eigenvalue weighted by Crippen LogP contribution is 2.41. The summed E-state index contributed by atoms with van der Waals surface area (Å²) < 4.78 is 12.6. The number of benzene rings is 8. The number of furan rings is 1. The summed E-state index contributed by atoms with van der Waals surface area (Å²) >= 11 is 0. The van der Waals surface area contributed by atoms with E-state index in [-0.39, 0.29) is 0 Å². The Bertz CT molecular complexity index is 2820. The topological polar surface area (TPSA) is 42.4 Å². The van der Waals surface area contributed by atoms with Gasteiger partial charge in [0.05, 0.1) is 0 Å². The fraction of sp³-hybridized carbons (Fsp3) is 0. The molecule has 10 rings (SSSR count). The highest BCUT2D eigenvalue weighted by molar-refractivity contribution is 6.18. The molecule has 0 amide bonds. The van der Waals surface area contributed by atoms with Crippen LogP contribution in [0.1, 0.15) is 0 Å². The van der Waals surface area contributed by atoms with E-state index in [1.54, 1.807) is 0 Å². The molecule has 0 radical (unpaired) electrons. The van der Waals surface area contributed by atoms with E-state index in [1.807, 2.05) is 54.6 Å². The molecule has 0 saturated heterocycles. The molecule has 2 aromatic heterocycles. The molecule has 0 spiro atoms. The third kappa shape index (κ3) is 4.49. The summed E-state index contributed by atoms with van der Waals surface area (Å²) in [6, 6.07) is 59.2. The van der Waals surface area contributed by atoms with Crippen LogP contribution >= 0.6 is 0 Å². The van der Waals surface area contributed by atoms with E-state index in [4.69, 9.17) is 13.8 Å². The number of anilines is 3. The standard InChI is InChI=1S/C45H28N2O2/c1-3-10-31(11-4-1)45-46-39-27-22-30-18-19-32-28-35(25-26-37(32)42(30)44(39)49-45)47(33-12-5-2-6-13-33)34-23-20-29(21-24-34)36-15-9-17-41-43(36)38-14-7-8-16-40(38)48-41/h1-28H. The van der Waals surface area contributed by atoms with Crippen LogP contribution in [0, 0.1) is 0 Å². The zero-order valence-corrected chi connectivity index (χ0v) is 26.4. The first-order valence-corrected chi connectivity index (χ1v) is 16.5. The van der Waals surface area contributed by atoms with Gasteiger partial charge in [0, 0.05) is 38.8 Å². The third-order valence-electron chi connectivity index (χ3n) is 9.47. The van der Waals surface area contributed by atoms with Crippen LogP contribution in [0.25, 0.3) is 77.2 Å². The molecule has 0 atom stereocenters. The number of fused-ring (bicyclic) bond motifs is 8. The second kappa shape index (κ2) is 11.0. The van der Waals surface area contributed by atoms with E-state index < -0.39 is 0 Å². The Hall–Kier alpha value is -6.65. The molecule has 0 fully saturated rings. The van der Waals surface area contributed by atoms with Crippen molar-refractivity contribution >= 4 is 71.6 Å². The minimum atomic E-state index is 0.632. The molecular formula is C45H28N2O2. The van der Waals surface area contributed by atoms with Crippen molar-refractivity contribution in [2.45, 2.75) is 0 Å². The van der Waals surface area contributed by atoms with Gasteiger partial charge < -0.3 is 13.7 Å². The summed E-state index contributed by atoms with van der Waals surface area (Å²) in [5.41, 5.74) is 9.97. The summed E-state index contributed by atoms with van der Waals surface area (Å²) in [6.45, 7) is 0. The van der Waals surface area contributed by atoms with Crippen molar-refractivity contribution in [2.24, 2.45) is 0 Å². The van der Waals surface area contributed by atoms with Gasteiger partial charge in [-0.2, -0.15) is 0 Å². The lowest BCUT2D eigenvalue weighted by atomic mass is 9.98. The number of hydrogen-bond donors (Lipinski definition) is 0. The van der Waals surface area contributed by atoms with Crippen LogP contribution in [0.5, 0.6) is 0 Å². The van der Waals surface area contributed by atoms with Crippen molar-refractivity contribution in [3.63, 3.8) is 0 Å². The van der Waals surface area contributed by atoms with E-state index in [1.165, 1.54) is 0 Å². The van der Waals surface area contributed by atoms with Gasteiger partial charge in [0.15, 0.2) is 5.58 Å². The summed E-state index contributed by atoms with van der Waals surface area (Å²) in [4.78, 5) is 7.15. The summed E-state index contributed by atoms with van der Waals surface area (Å²) in [5.74, 6) is 0.632. The highest BCUT2D eigenvalue weighted by atomic mass is 16.3. The SMILES string of the molecule is c1ccc(-c2nc3ccc4ccc5cc(N(c6ccccc6)c6ccc(-c7cccc8oc9ccccc9c78)cc6)ccc5c4c3o2)cc1. The van der Waals surface area contributed by atoms with Crippen LogP contribution < -0.4 is 4.90 Å². The van der Waals surface area contributed by atoms with Gasteiger partial charge >= 0.3 is 0 Å². The van der Waals surface area contributed by atoms with E-state index in [0.717, 1.165) is 88.3 Å². The minimum absolute atomic E-state index is 0.632. The smallest absolute Gasteiger partial charge is 0.227 e. The van der Waals surface area contributed by atoms with Crippen molar-refractivity contribution in [3.05, 3.63) is 170 Å². The predicted molar refractivity (Wildman–Crippen MR) is 202 cm³/mol. The molecule has 0 bridgehead atoms. The molecule has 0 unspecified atom stereocenters. The second-order valence-corrected chi connectivity index (χ2v) is 12.4. The van der Waals surface area contributed by atoms with Gasteiger partial charge in [-0.25, -0.2) is 4.98 Å². The molecule has 8 aromatic carbocycles. The number of nitrogens with zero attached hydrogens (tertiary/aromatic N) is 2. The van der Waals surface area contributed by atoms with Gasteiger partial charge in [0.1, 0.15) is 16.7 Å². The van der Waals surface area contributed by atoms with Gasteiger partial charge in [0.2, 0.25) is 5.89 Å². The zero-order chi connectivity index (χ0) is 32.3. The number of rotatable bonds is 5. The Labute approximate surface area is 282 Å². The first-order valence-electron chi connectivity index (χ1n) is 16.5. The van der Waals surface area contributed by atoms with Crippen LogP contribution in [0.3, 0.4) is 0 Å². The number of aromatic nitrogens is 1. The van der Waals surface area contributed by atoms with Gasteiger partial charge in [-0.05, 0) is 94.0 Å². The average molecular weight is 629 g/mol. The second-order valence-electron chi connectivity index (χ2n) is 12.4. The number of oxazole rings is 1. The van der Waals surface area contributed by atoms with Crippen LogP contribution in [0.4, 0.5) is 17.1 Å². The van der Waals surface area contributed by atoms with Crippen LogP contribution in [0.2, 0.25) is 0 Å². The normalized spacial score (nSPS) is 11.7. The van der Waals surface area contributed by atoms with Crippen molar-refractivity contribution < 1.29 is 8.83 Å². The Morgan fingerprint density at radius 2 is 1.12 bits per heavy atom. The van der Waals surface area contributed by atoms with Crippen molar-refractivity contribution in [3.8, 4) is 22.6 Å². The lowest BCUT2D eigenvalue weighted by Gasteiger charge is -2.26. The molecule has 4 nitrogen and oxygen atoms in total. The molecule has 0 saturated carbocycles. The molecule has 10 aromatic rings. The van der Waals surface area contributed by atoms with Gasteiger partial charge in [0.25, 0.3) is 0 Å². The van der Waals surface area contributed by atoms with Crippen molar-refractivity contribution in [1.82, 2.24) is 4.98 Å². The molecule has 49 heavy (non-hydrogen) atoms. The quantitative estimate of drug-likeness (QED) is 0.178. The first kappa shape index (κ1) is 27.5. The molecule has 0 aliphatic rings. The Kier molecular flexibility index (Phi) is 6.15. The Balaban J connectivity index is 1.10. The molecule has 2 heterocycles. The molecule has 4 heteroatoms. The lowest BCUT2D eigenvalue weighted by Crippen LogP contribution is -2.09. The maximum Gasteiger partial charge on any atom is 0.227 e. The first-order chi connectivity index (χ1) is 24.3. The van der Waals surface area contributed by atoms with Gasteiger partial charge in [-0.1, -0.05) is 103 Å². The fourth-order valence-corrected chi connectivity index (χ4v) is 7.19. The summed E-state index contributed by atoms with van der Waals surface area (Å²) in [6.07, 6.45) is 0. The number of para-hydroxylation sites is 2. The van der Waals surface area contributed by atoms with E-state index in [9.17, 15) is 0 Å². The van der Waals surface area contributed by atoms with Crippen molar-refractivity contribution in [1.29, 1.82) is 0 Å². The molecule has 0 aliphatic heterocycles. The maximum absolute atomic E-state index is 6.46. The molecule has 0 aliphatic carbocycles. The minimum Gasteiger partial charge on any atom is -0.456 e. The van der Waals surface area contributed by atoms with Crippen molar-refractivity contribution in [2.75, 3.05) is 4.90 Å². The molecule has 230 valence electrons. The Morgan fingerprint density at radius 1 is 0.429 bits per heavy atom. The summed E-state index contributed by atoms with van der Waals surface area (Å²) in [7, 11) is 0. The van der Waals surface area contributed by atoms with E-state index >= 15 is 0 Å². The maximum atomic E-state index is 6.46. The van der Waals surface area contributed by atoms with Crippen LogP contribution in [0.15, 0.2) is 179 Å². The third-order valence-corrected chi connectivity index (χ3v) is 9.47. The van der Waals surface area contributed by atoms with Gasteiger partial charge in [-0.3, -0.25) is 0 Å². The van der Waals surface area contributed by atoms with Crippen LogP contribution in [-0.2, 0) is 0 Å². The molecule has 0 N–H and O–H groups in total. The Morgan fingerprint density at radius 3 is 1.98 bits per heavy atom. The highest BCUT2D eigenvalue weighted by Gasteiger charge is 2.18. The van der Waals surface area contributed by atoms with E-state index in [2.05, 4.69) is 120 Å². The molecular weight excluding hydrogens is 601 g/mol. The monoisotopic (exact) mass is 628 g/mol. The fourth-order valence-electron chi connectivity index (χ4n) is 7.19. The van der Waals surface area contributed by atoms with Crippen LogP contribution in [-0.4, -0.2) is 4.98 Å². The largest absolute Gasteiger partial charge is 0.456 e.